The van der Waals surface area contributed by atoms with Crippen LogP contribution in [0.15, 0.2) is 0 Å². The molecule has 2 aliphatic rings. The molecule has 3 atom stereocenters. The van der Waals surface area contributed by atoms with Crippen molar-refractivity contribution in [3.05, 3.63) is 5.82 Å². The first-order chi connectivity index (χ1) is 8.88. The molecular formula is C10H10F3N3O2S. The number of carboxylic acids is 1. The molecule has 0 radical (unpaired) electrons. The molecule has 2 bridgehead atoms. The summed E-state index contributed by atoms with van der Waals surface area (Å²) in [5.74, 6) is -2.56. The highest BCUT2D eigenvalue weighted by Gasteiger charge is 2.51. The van der Waals surface area contributed by atoms with E-state index in [1.165, 1.54) is 0 Å². The van der Waals surface area contributed by atoms with Crippen LogP contribution in [0.25, 0.3) is 0 Å². The van der Waals surface area contributed by atoms with Crippen molar-refractivity contribution in [3.8, 4) is 0 Å². The first kappa shape index (κ1) is 12.6. The van der Waals surface area contributed by atoms with Gasteiger partial charge in [-0.3, -0.25) is 4.79 Å². The number of carbonyl (C=O) groups is 1. The maximum Gasteiger partial charge on any atom is 0.452 e. The summed E-state index contributed by atoms with van der Waals surface area (Å²) in [4.78, 5) is 16.3. The van der Waals surface area contributed by atoms with E-state index in [1.54, 1.807) is 4.90 Å². The van der Waals surface area contributed by atoms with Crippen molar-refractivity contribution in [2.45, 2.75) is 37.5 Å². The zero-order valence-electron chi connectivity index (χ0n) is 9.59. The van der Waals surface area contributed by atoms with Crippen molar-refractivity contribution < 1.29 is 23.1 Å². The summed E-state index contributed by atoms with van der Waals surface area (Å²) in [6.45, 7) is 0. The number of anilines is 1. The number of hydrogen-bond donors (Lipinski definition) is 1. The van der Waals surface area contributed by atoms with Crippen LogP contribution in [0.1, 0.15) is 25.1 Å². The largest absolute Gasteiger partial charge is 0.481 e. The highest BCUT2D eigenvalue weighted by atomic mass is 32.1. The van der Waals surface area contributed by atoms with E-state index < -0.39 is 23.9 Å². The molecule has 3 rings (SSSR count). The summed E-state index contributed by atoms with van der Waals surface area (Å²) in [6, 6.07) is -0.281. The second kappa shape index (κ2) is 4.06. The summed E-state index contributed by atoms with van der Waals surface area (Å²) in [5.41, 5.74) is 0. The van der Waals surface area contributed by atoms with E-state index >= 15 is 0 Å². The molecule has 3 heterocycles. The molecule has 1 N–H and O–H groups in total. The molecular weight excluding hydrogens is 283 g/mol. The third kappa shape index (κ3) is 1.96. The molecule has 1 aromatic heterocycles. The lowest BCUT2D eigenvalue weighted by Crippen LogP contribution is -2.32. The van der Waals surface area contributed by atoms with Crippen LogP contribution in [-0.4, -0.2) is 32.5 Å². The first-order valence-corrected chi connectivity index (χ1v) is 6.57. The van der Waals surface area contributed by atoms with Crippen LogP contribution in [0.5, 0.6) is 0 Å². The maximum atomic E-state index is 12.5. The van der Waals surface area contributed by atoms with Crippen molar-refractivity contribution in [3.63, 3.8) is 0 Å². The van der Waals surface area contributed by atoms with Crippen LogP contribution in [0.4, 0.5) is 18.3 Å². The van der Waals surface area contributed by atoms with Gasteiger partial charge in [0.1, 0.15) is 0 Å². The van der Waals surface area contributed by atoms with Gasteiger partial charge in [-0.1, -0.05) is 0 Å². The van der Waals surface area contributed by atoms with Crippen molar-refractivity contribution >= 4 is 22.6 Å². The number of nitrogens with zero attached hydrogens (tertiary/aromatic N) is 3. The molecule has 0 spiro atoms. The Morgan fingerprint density at radius 2 is 2.16 bits per heavy atom. The highest BCUT2D eigenvalue weighted by Crippen LogP contribution is 2.45. The normalized spacial score (nSPS) is 30.1. The molecule has 0 aliphatic carbocycles. The predicted molar refractivity (Wildman–Crippen MR) is 59.9 cm³/mol. The molecule has 19 heavy (non-hydrogen) atoms. The molecule has 3 unspecified atom stereocenters. The zero-order chi connectivity index (χ0) is 13.8. The summed E-state index contributed by atoms with van der Waals surface area (Å²) < 4.78 is 40.7. The Bertz CT molecular complexity index is 518. The van der Waals surface area contributed by atoms with E-state index in [1.807, 2.05) is 0 Å². The van der Waals surface area contributed by atoms with Gasteiger partial charge in [-0.05, 0) is 19.3 Å². The van der Waals surface area contributed by atoms with Gasteiger partial charge in [0.2, 0.25) is 11.0 Å². The van der Waals surface area contributed by atoms with Gasteiger partial charge in [0, 0.05) is 23.6 Å². The molecule has 2 saturated heterocycles. The molecule has 0 aromatic carbocycles. The molecule has 0 saturated carbocycles. The smallest absolute Gasteiger partial charge is 0.452 e. The van der Waals surface area contributed by atoms with Crippen molar-refractivity contribution in [2.75, 3.05) is 4.90 Å². The van der Waals surface area contributed by atoms with E-state index in [0.29, 0.717) is 24.4 Å². The number of rotatable bonds is 2. The number of hydrogen-bond acceptors (Lipinski definition) is 5. The van der Waals surface area contributed by atoms with Crippen LogP contribution in [0, 0.1) is 5.92 Å². The van der Waals surface area contributed by atoms with Gasteiger partial charge in [0.05, 0.1) is 5.92 Å². The van der Waals surface area contributed by atoms with E-state index in [9.17, 15) is 18.0 Å². The van der Waals surface area contributed by atoms with Gasteiger partial charge in [-0.25, -0.2) is 0 Å². The van der Waals surface area contributed by atoms with Crippen molar-refractivity contribution in [2.24, 2.45) is 5.92 Å². The molecule has 2 aliphatic heterocycles. The maximum absolute atomic E-state index is 12.5. The van der Waals surface area contributed by atoms with Crippen LogP contribution in [0.2, 0.25) is 0 Å². The highest BCUT2D eigenvalue weighted by molar-refractivity contribution is 7.09. The molecule has 2 fully saturated rings. The quantitative estimate of drug-likeness (QED) is 0.903. The predicted octanol–water partition coefficient (Wildman–Crippen LogP) is 2.00. The van der Waals surface area contributed by atoms with Gasteiger partial charge in [-0.2, -0.15) is 22.5 Å². The minimum absolute atomic E-state index is 0.0277. The Hall–Kier alpha value is -1.38. The van der Waals surface area contributed by atoms with Crippen LogP contribution in [-0.2, 0) is 11.0 Å². The van der Waals surface area contributed by atoms with Crippen LogP contribution < -0.4 is 4.90 Å². The molecule has 5 nitrogen and oxygen atoms in total. The first-order valence-electron chi connectivity index (χ1n) is 5.80. The van der Waals surface area contributed by atoms with Gasteiger partial charge < -0.3 is 10.0 Å². The minimum Gasteiger partial charge on any atom is -0.481 e. The van der Waals surface area contributed by atoms with E-state index in [2.05, 4.69) is 9.36 Å². The molecule has 1 aromatic rings. The lowest BCUT2D eigenvalue weighted by molar-refractivity contribution is -0.144. The van der Waals surface area contributed by atoms with E-state index in [0.717, 1.165) is 6.42 Å². The summed E-state index contributed by atoms with van der Waals surface area (Å²) in [5, 5.41) is 9.28. The summed E-state index contributed by atoms with van der Waals surface area (Å²) in [7, 11) is 0. The number of aromatic nitrogens is 2. The molecule has 0 amide bonds. The topological polar surface area (TPSA) is 66.3 Å². The van der Waals surface area contributed by atoms with Crippen LogP contribution >= 0.6 is 11.5 Å². The Balaban J connectivity index is 1.88. The van der Waals surface area contributed by atoms with Gasteiger partial charge in [0.15, 0.2) is 0 Å². The Morgan fingerprint density at radius 1 is 1.42 bits per heavy atom. The average molecular weight is 293 g/mol. The number of halogens is 3. The summed E-state index contributed by atoms with van der Waals surface area (Å²) >= 11 is 0.687. The fraction of sp³-hybridized carbons (Fsp3) is 0.700. The Kier molecular flexibility index (Phi) is 2.70. The Morgan fingerprint density at radius 3 is 2.68 bits per heavy atom. The SMILES string of the molecule is O=C(O)C1CC2CCC1N2c1nc(C(F)(F)F)ns1. The van der Waals surface area contributed by atoms with Crippen LogP contribution in [0.3, 0.4) is 0 Å². The molecule has 104 valence electrons. The van der Waals surface area contributed by atoms with Gasteiger partial charge >= 0.3 is 12.1 Å². The standard InChI is InChI=1S/C10H10F3N3O2S/c11-10(12,13)8-14-9(19-15-8)16-4-1-2-6(16)5(3-4)7(17)18/h4-6H,1-3H2,(H,17,18). The second-order valence-electron chi connectivity index (χ2n) is 4.78. The number of carboxylic acid groups (broad SMARTS) is 1. The Labute approximate surface area is 110 Å². The number of alkyl halides is 3. The average Bonchev–Trinajstić information content (AvgIpc) is 2.99. The third-order valence-electron chi connectivity index (χ3n) is 3.74. The fourth-order valence-corrected chi connectivity index (χ4v) is 3.81. The number of fused-ring (bicyclic) bond motifs is 2. The lowest BCUT2D eigenvalue weighted by atomic mass is 9.89. The van der Waals surface area contributed by atoms with Gasteiger partial charge in [-0.15, -0.1) is 0 Å². The second-order valence-corrected chi connectivity index (χ2v) is 5.51. The molecule has 9 heteroatoms. The fourth-order valence-electron chi connectivity index (χ4n) is 2.99. The monoisotopic (exact) mass is 293 g/mol. The van der Waals surface area contributed by atoms with Gasteiger partial charge in [0.25, 0.3) is 0 Å². The third-order valence-corrected chi connectivity index (χ3v) is 4.47. The van der Waals surface area contributed by atoms with E-state index in [4.69, 9.17) is 5.11 Å². The van der Waals surface area contributed by atoms with Crippen molar-refractivity contribution in [1.29, 1.82) is 0 Å². The summed E-state index contributed by atoms with van der Waals surface area (Å²) in [6.07, 6.45) is -2.60. The number of aliphatic carboxylic acids is 1. The lowest BCUT2D eigenvalue weighted by Gasteiger charge is -2.21. The van der Waals surface area contributed by atoms with Crippen molar-refractivity contribution in [1.82, 2.24) is 9.36 Å². The zero-order valence-corrected chi connectivity index (χ0v) is 10.4. The minimum atomic E-state index is -4.56. The van der Waals surface area contributed by atoms with E-state index in [-0.39, 0.29) is 17.2 Å².